The number of ether oxygens (including phenoxy) is 2. The molecular formula is C14H15Cl2NO4S2. The second-order valence-electron chi connectivity index (χ2n) is 4.51. The van der Waals surface area contributed by atoms with Gasteiger partial charge in [-0.1, -0.05) is 23.2 Å². The lowest BCUT2D eigenvalue weighted by molar-refractivity contribution is 0.110. The van der Waals surface area contributed by atoms with Gasteiger partial charge in [0.1, 0.15) is 16.7 Å². The van der Waals surface area contributed by atoms with Gasteiger partial charge in [-0.2, -0.15) is 0 Å². The Morgan fingerprint density at radius 1 is 1.22 bits per heavy atom. The van der Waals surface area contributed by atoms with Crippen LogP contribution in [0.3, 0.4) is 0 Å². The molecule has 0 saturated carbocycles. The van der Waals surface area contributed by atoms with Crippen LogP contribution in [0.25, 0.3) is 0 Å². The number of sulfonamides is 1. The lowest BCUT2D eigenvalue weighted by Gasteiger charge is -2.16. The molecule has 0 aliphatic carbocycles. The first kappa shape index (κ1) is 18.5. The molecule has 0 radical (unpaired) electrons. The highest BCUT2D eigenvalue weighted by Gasteiger charge is 2.22. The minimum atomic E-state index is -3.80. The van der Waals surface area contributed by atoms with Crippen LogP contribution in [0.2, 0.25) is 9.36 Å². The van der Waals surface area contributed by atoms with Gasteiger partial charge in [0, 0.05) is 23.6 Å². The Hall–Kier alpha value is -0.830. The third-order valence-electron chi connectivity index (χ3n) is 3.07. The molecule has 1 aromatic heterocycles. The van der Waals surface area contributed by atoms with Gasteiger partial charge in [-0.05, 0) is 30.3 Å². The van der Waals surface area contributed by atoms with Crippen LogP contribution in [0, 0.1) is 0 Å². The van der Waals surface area contributed by atoms with Crippen LogP contribution in [-0.2, 0) is 14.8 Å². The van der Waals surface area contributed by atoms with Crippen LogP contribution in [0.4, 0.5) is 0 Å². The maximum absolute atomic E-state index is 12.5. The van der Waals surface area contributed by atoms with Gasteiger partial charge in [-0.3, -0.25) is 0 Å². The van der Waals surface area contributed by atoms with Gasteiger partial charge in [0.2, 0.25) is 10.0 Å². The van der Waals surface area contributed by atoms with E-state index in [1.165, 1.54) is 37.7 Å². The number of thiophene rings is 1. The first-order valence-corrected chi connectivity index (χ1v) is 9.54. The van der Waals surface area contributed by atoms with E-state index < -0.39 is 16.1 Å². The van der Waals surface area contributed by atoms with Crippen LogP contribution in [-0.4, -0.2) is 29.2 Å². The van der Waals surface area contributed by atoms with Crippen molar-refractivity contribution in [3.05, 3.63) is 44.6 Å². The molecule has 1 heterocycles. The van der Waals surface area contributed by atoms with Crippen molar-refractivity contribution in [2.75, 3.05) is 20.8 Å². The molecule has 0 bridgehead atoms. The molecule has 0 aliphatic rings. The second-order valence-corrected chi connectivity index (χ2v) is 8.43. The zero-order chi connectivity index (χ0) is 17.0. The van der Waals surface area contributed by atoms with Crippen LogP contribution >= 0.6 is 34.5 Å². The van der Waals surface area contributed by atoms with E-state index in [0.29, 0.717) is 9.36 Å². The number of benzene rings is 1. The number of rotatable bonds is 7. The molecule has 0 saturated heterocycles. The highest BCUT2D eigenvalue weighted by molar-refractivity contribution is 7.89. The van der Waals surface area contributed by atoms with Crippen molar-refractivity contribution < 1.29 is 17.9 Å². The second kappa shape index (κ2) is 7.83. The van der Waals surface area contributed by atoms with Gasteiger partial charge in [0.15, 0.2) is 0 Å². The number of hydrogen-bond acceptors (Lipinski definition) is 5. The molecule has 5 nitrogen and oxygen atoms in total. The minimum absolute atomic E-state index is 0.0217. The van der Waals surface area contributed by atoms with E-state index in [0.717, 1.165) is 4.88 Å². The lowest BCUT2D eigenvalue weighted by Crippen LogP contribution is -2.29. The van der Waals surface area contributed by atoms with Crippen molar-refractivity contribution in [3.63, 3.8) is 0 Å². The van der Waals surface area contributed by atoms with E-state index in [-0.39, 0.29) is 17.2 Å². The maximum Gasteiger partial charge on any atom is 0.244 e. The van der Waals surface area contributed by atoms with E-state index in [1.54, 1.807) is 18.2 Å². The maximum atomic E-state index is 12.5. The van der Waals surface area contributed by atoms with E-state index in [4.69, 9.17) is 32.7 Å². The molecule has 0 unspecified atom stereocenters. The molecule has 126 valence electrons. The Labute approximate surface area is 149 Å². The van der Waals surface area contributed by atoms with Crippen LogP contribution < -0.4 is 9.46 Å². The summed E-state index contributed by atoms with van der Waals surface area (Å²) in [4.78, 5) is 0.810. The molecule has 0 amide bonds. The van der Waals surface area contributed by atoms with Crippen molar-refractivity contribution in [2.24, 2.45) is 0 Å². The van der Waals surface area contributed by atoms with Crippen molar-refractivity contribution in [1.29, 1.82) is 0 Å². The average molecular weight is 396 g/mol. The Bertz CT molecular complexity index is 777. The summed E-state index contributed by atoms with van der Waals surface area (Å²) < 4.78 is 38.5. The summed E-state index contributed by atoms with van der Waals surface area (Å²) >= 11 is 13.1. The summed E-state index contributed by atoms with van der Waals surface area (Å²) in [6.45, 7) is 0.0609. The summed E-state index contributed by atoms with van der Waals surface area (Å²) in [6, 6.07) is 7.94. The molecule has 23 heavy (non-hydrogen) atoms. The Morgan fingerprint density at radius 3 is 2.52 bits per heavy atom. The van der Waals surface area contributed by atoms with Gasteiger partial charge < -0.3 is 9.47 Å². The third kappa shape index (κ3) is 4.59. The predicted octanol–water partition coefficient (Wildman–Crippen LogP) is 3.73. The fourth-order valence-corrected chi connectivity index (χ4v) is 4.53. The lowest BCUT2D eigenvalue weighted by atomic mass is 10.3. The molecule has 0 aliphatic heterocycles. The van der Waals surface area contributed by atoms with E-state index in [9.17, 15) is 8.42 Å². The predicted molar refractivity (Wildman–Crippen MR) is 92.3 cm³/mol. The smallest absolute Gasteiger partial charge is 0.244 e. The first-order chi connectivity index (χ1) is 10.9. The molecule has 0 fully saturated rings. The van der Waals surface area contributed by atoms with Gasteiger partial charge in [0.05, 0.1) is 11.4 Å². The monoisotopic (exact) mass is 395 g/mol. The van der Waals surface area contributed by atoms with Crippen molar-refractivity contribution in [2.45, 2.75) is 11.0 Å². The van der Waals surface area contributed by atoms with Crippen LogP contribution in [0.1, 0.15) is 11.0 Å². The quantitative estimate of drug-likeness (QED) is 0.775. The van der Waals surface area contributed by atoms with Crippen LogP contribution in [0.5, 0.6) is 5.75 Å². The van der Waals surface area contributed by atoms with Crippen LogP contribution in [0.15, 0.2) is 35.2 Å². The van der Waals surface area contributed by atoms with Gasteiger partial charge >= 0.3 is 0 Å². The highest BCUT2D eigenvalue weighted by Crippen LogP contribution is 2.30. The summed E-state index contributed by atoms with van der Waals surface area (Å²) in [7, 11) is -0.896. The number of halogens is 2. The molecule has 1 atom stereocenters. The molecule has 1 N–H and O–H groups in total. The normalized spacial score (nSPS) is 13.0. The van der Waals surface area contributed by atoms with Crippen molar-refractivity contribution in [3.8, 4) is 5.75 Å². The topological polar surface area (TPSA) is 64.6 Å². The highest BCUT2D eigenvalue weighted by atomic mass is 35.5. The Morgan fingerprint density at radius 2 is 1.96 bits per heavy atom. The zero-order valence-corrected chi connectivity index (χ0v) is 15.5. The molecule has 2 aromatic rings. The summed E-state index contributed by atoms with van der Waals surface area (Å²) in [5, 5.41) is 0.305. The molecule has 9 heteroatoms. The Balaban J connectivity index is 2.19. The number of nitrogens with one attached hydrogen (secondary N) is 1. The fraction of sp³-hybridized carbons (Fsp3) is 0.286. The Kier molecular flexibility index (Phi) is 6.30. The SMILES string of the molecule is COc1ccc(Cl)cc1S(=O)(=O)NC[C@@H](OC)c1ccc(Cl)s1. The molecular weight excluding hydrogens is 381 g/mol. The van der Waals surface area contributed by atoms with E-state index in [2.05, 4.69) is 4.72 Å². The number of hydrogen-bond donors (Lipinski definition) is 1. The zero-order valence-electron chi connectivity index (χ0n) is 12.4. The minimum Gasteiger partial charge on any atom is -0.495 e. The standard InChI is InChI=1S/C14H15Cl2NO4S2/c1-20-10-4-3-9(15)7-13(10)23(18,19)17-8-11(21-2)12-5-6-14(16)22-12/h3-7,11,17H,8H2,1-2H3/t11-/m1/s1. The fourth-order valence-electron chi connectivity index (χ4n) is 1.93. The summed E-state index contributed by atoms with van der Waals surface area (Å²) in [5.41, 5.74) is 0. The van der Waals surface area contributed by atoms with Gasteiger partial charge in [-0.15, -0.1) is 11.3 Å². The molecule has 2 rings (SSSR count). The van der Waals surface area contributed by atoms with Crippen molar-refractivity contribution in [1.82, 2.24) is 4.72 Å². The average Bonchev–Trinajstić information content (AvgIpc) is 2.94. The number of methoxy groups -OCH3 is 2. The van der Waals surface area contributed by atoms with E-state index >= 15 is 0 Å². The largest absolute Gasteiger partial charge is 0.495 e. The van der Waals surface area contributed by atoms with Gasteiger partial charge in [-0.25, -0.2) is 13.1 Å². The summed E-state index contributed by atoms with van der Waals surface area (Å²) in [6.07, 6.45) is -0.438. The van der Waals surface area contributed by atoms with Crippen molar-refractivity contribution >= 4 is 44.6 Å². The summed E-state index contributed by atoms with van der Waals surface area (Å²) in [5.74, 6) is 0.218. The third-order valence-corrected chi connectivity index (χ3v) is 6.07. The molecule has 1 aromatic carbocycles. The van der Waals surface area contributed by atoms with E-state index in [1.807, 2.05) is 0 Å². The molecule has 0 spiro atoms. The van der Waals surface area contributed by atoms with Gasteiger partial charge in [0.25, 0.3) is 0 Å². The first-order valence-electron chi connectivity index (χ1n) is 6.48.